The van der Waals surface area contributed by atoms with Crippen LogP contribution in [0.1, 0.15) is 16.9 Å². The van der Waals surface area contributed by atoms with E-state index in [0.29, 0.717) is 12.2 Å². The summed E-state index contributed by atoms with van der Waals surface area (Å²) in [4.78, 5) is 17.3. The number of thiophene rings is 1. The molecule has 0 unspecified atom stereocenters. The molecule has 0 aromatic carbocycles. The normalized spacial score (nSPS) is 10.6. The van der Waals surface area contributed by atoms with Crippen molar-refractivity contribution >= 4 is 44.5 Å². The van der Waals surface area contributed by atoms with Gasteiger partial charge in [0.25, 0.3) is 5.91 Å². The topological polar surface area (TPSA) is 54.0 Å². The van der Waals surface area contributed by atoms with Crippen LogP contribution in [0.3, 0.4) is 0 Å². The molecule has 7 heteroatoms. The van der Waals surface area contributed by atoms with E-state index in [1.54, 1.807) is 16.7 Å². The summed E-state index contributed by atoms with van der Waals surface area (Å²) in [6.45, 7) is 1.56. The maximum atomic E-state index is 11.9. The highest BCUT2D eigenvalue weighted by molar-refractivity contribution is 9.10. The second kappa shape index (κ2) is 7.14. The summed E-state index contributed by atoms with van der Waals surface area (Å²) in [5, 5.41) is 10.6. The molecule has 0 aliphatic heterocycles. The van der Waals surface area contributed by atoms with Gasteiger partial charge in [0.05, 0.1) is 4.88 Å². The first-order chi connectivity index (χ1) is 9.20. The van der Waals surface area contributed by atoms with Gasteiger partial charge in [0.15, 0.2) is 0 Å². The average Bonchev–Trinajstić information content (AvgIpc) is 3.02. The number of nitrogens with one attached hydrogen (secondary N) is 2. The predicted octanol–water partition coefficient (Wildman–Crippen LogP) is 2.97. The van der Waals surface area contributed by atoms with Gasteiger partial charge in [-0.1, -0.05) is 0 Å². The Kier molecular flexibility index (Phi) is 5.50. The maximum Gasteiger partial charge on any atom is 0.270 e. The van der Waals surface area contributed by atoms with Crippen molar-refractivity contribution in [1.29, 1.82) is 0 Å². The van der Waals surface area contributed by atoms with Gasteiger partial charge < -0.3 is 10.6 Å². The summed E-state index contributed by atoms with van der Waals surface area (Å²) in [5.41, 5.74) is 0.494. The van der Waals surface area contributed by atoms with Crippen molar-refractivity contribution in [3.63, 3.8) is 0 Å². The van der Waals surface area contributed by atoms with Crippen LogP contribution in [0.5, 0.6) is 0 Å². The zero-order chi connectivity index (χ0) is 13.7. The number of carbonyl (C=O) groups excluding carboxylic acids is 1. The number of hydrogen-bond acceptors (Lipinski definition) is 5. The van der Waals surface area contributed by atoms with E-state index in [-0.39, 0.29) is 5.91 Å². The number of carbonyl (C=O) groups is 1. The highest BCUT2D eigenvalue weighted by Gasteiger charge is 2.12. The van der Waals surface area contributed by atoms with Gasteiger partial charge in [-0.05, 0) is 42.0 Å². The third-order valence-corrected chi connectivity index (χ3v) is 5.11. The molecular weight excluding hydrogens is 346 g/mol. The molecule has 0 radical (unpaired) electrons. The molecule has 2 aromatic rings. The largest absolute Gasteiger partial charge is 0.351 e. The van der Waals surface area contributed by atoms with Gasteiger partial charge in [0, 0.05) is 21.8 Å². The van der Waals surface area contributed by atoms with E-state index >= 15 is 0 Å². The van der Waals surface area contributed by atoms with E-state index in [9.17, 15) is 4.79 Å². The minimum atomic E-state index is -0.103. The highest BCUT2D eigenvalue weighted by Crippen LogP contribution is 2.31. The monoisotopic (exact) mass is 359 g/mol. The summed E-state index contributed by atoms with van der Waals surface area (Å²) in [6, 6.07) is 2.01. The molecule has 0 bridgehead atoms. The second-order valence-electron chi connectivity index (χ2n) is 3.88. The minimum absolute atomic E-state index is 0.103. The first-order valence-corrected chi connectivity index (χ1v) is 8.38. The Labute approximate surface area is 128 Å². The van der Waals surface area contributed by atoms with Crippen molar-refractivity contribution in [3.05, 3.63) is 27.0 Å². The summed E-state index contributed by atoms with van der Waals surface area (Å²) < 4.78 is 1.04. The van der Waals surface area contributed by atoms with E-state index in [2.05, 4.69) is 31.5 Å². The van der Waals surface area contributed by atoms with Gasteiger partial charge in [-0.2, -0.15) is 0 Å². The lowest BCUT2D eigenvalue weighted by atomic mass is 10.4. The SMILES string of the molecule is CNCCCNC(=O)c1csc(-c2cc(Br)cs2)n1. The van der Waals surface area contributed by atoms with E-state index in [0.717, 1.165) is 27.3 Å². The van der Waals surface area contributed by atoms with Crippen LogP contribution in [0, 0.1) is 0 Å². The van der Waals surface area contributed by atoms with Crippen molar-refractivity contribution in [1.82, 2.24) is 15.6 Å². The molecule has 0 aliphatic rings. The number of thiazole rings is 1. The molecule has 2 heterocycles. The summed E-state index contributed by atoms with van der Waals surface area (Å²) in [5.74, 6) is -0.103. The zero-order valence-corrected chi connectivity index (χ0v) is 13.6. The maximum absolute atomic E-state index is 11.9. The molecule has 4 nitrogen and oxygen atoms in total. The van der Waals surface area contributed by atoms with Gasteiger partial charge in [-0.15, -0.1) is 22.7 Å². The van der Waals surface area contributed by atoms with Crippen LogP contribution in [-0.2, 0) is 0 Å². The van der Waals surface area contributed by atoms with E-state index < -0.39 is 0 Å². The smallest absolute Gasteiger partial charge is 0.270 e. The van der Waals surface area contributed by atoms with Gasteiger partial charge in [0.2, 0.25) is 0 Å². The zero-order valence-electron chi connectivity index (χ0n) is 10.4. The molecule has 1 amide bonds. The minimum Gasteiger partial charge on any atom is -0.351 e. The highest BCUT2D eigenvalue weighted by atomic mass is 79.9. The second-order valence-corrected chi connectivity index (χ2v) is 6.57. The molecule has 102 valence electrons. The first-order valence-electron chi connectivity index (χ1n) is 5.83. The molecule has 2 N–H and O–H groups in total. The van der Waals surface area contributed by atoms with Crippen molar-refractivity contribution in [2.24, 2.45) is 0 Å². The van der Waals surface area contributed by atoms with Crippen molar-refractivity contribution in [2.45, 2.75) is 6.42 Å². The first kappa shape index (κ1) is 14.6. The van der Waals surface area contributed by atoms with Crippen molar-refractivity contribution in [3.8, 4) is 9.88 Å². The fraction of sp³-hybridized carbons (Fsp3) is 0.333. The summed E-state index contributed by atoms with van der Waals surface area (Å²) >= 11 is 6.52. The third-order valence-electron chi connectivity index (χ3n) is 2.40. The van der Waals surface area contributed by atoms with Gasteiger partial charge in [0.1, 0.15) is 10.7 Å². The number of hydrogen-bond donors (Lipinski definition) is 2. The molecule has 0 saturated heterocycles. The molecule has 2 aromatic heterocycles. The van der Waals surface area contributed by atoms with Crippen LogP contribution in [-0.4, -0.2) is 31.0 Å². The lowest BCUT2D eigenvalue weighted by Crippen LogP contribution is -2.26. The van der Waals surface area contributed by atoms with Crippen LogP contribution < -0.4 is 10.6 Å². The van der Waals surface area contributed by atoms with Crippen LogP contribution in [0.25, 0.3) is 9.88 Å². The van der Waals surface area contributed by atoms with Gasteiger partial charge >= 0.3 is 0 Å². The average molecular weight is 360 g/mol. The number of amides is 1. The van der Waals surface area contributed by atoms with E-state index in [1.807, 2.05) is 18.5 Å². The molecule has 0 spiro atoms. The Balaban J connectivity index is 1.95. The van der Waals surface area contributed by atoms with Gasteiger partial charge in [-0.25, -0.2) is 4.98 Å². The number of aromatic nitrogens is 1. The van der Waals surface area contributed by atoms with E-state index in [4.69, 9.17) is 0 Å². The Morgan fingerprint density at radius 3 is 2.89 bits per heavy atom. The Morgan fingerprint density at radius 2 is 2.21 bits per heavy atom. The summed E-state index contributed by atoms with van der Waals surface area (Å²) in [6.07, 6.45) is 0.914. The fourth-order valence-corrected chi connectivity index (χ4v) is 3.78. The standard InChI is InChI=1S/C12H14BrN3OS2/c1-14-3-2-4-15-11(17)9-7-19-12(16-9)10-5-8(13)6-18-10/h5-7,14H,2-4H2,1H3,(H,15,17). The van der Waals surface area contributed by atoms with E-state index in [1.165, 1.54) is 11.3 Å². The molecule has 0 fully saturated rings. The third kappa shape index (κ3) is 4.10. The number of halogens is 1. The molecule has 19 heavy (non-hydrogen) atoms. The lowest BCUT2D eigenvalue weighted by molar-refractivity contribution is 0.0949. The Morgan fingerprint density at radius 1 is 1.37 bits per heavy atom. The fourth-order valence-electron chi connectivity index (χ4n) is 1.47. The summed E-state index contributed by atoms with van der Waals surface area (Å²) in [7, 11) is 1.90. The molecule has 0 saturated carbocycles. The predicted molar refractivity (Wildman–Crippen MR) is 84.0 cm³/mol. The quantitative estimate of drug-likeness (QED) is 0.779. The molecular formula is C12H14BrN3OS2. The van der Waals surface area contributed by atoms with Crippen LogP contribution in [0.4, 0.5) is 0 Å². The number of rotatable bonds is 6. The van der Waals surface area contributed by atoms with Gasteiger partial charge in [-0.3, -0.25) is 4.79 Å². The van der Waals surface area contributed by atoms with Crippen LogP contribution in [0.2, 0.25) is 0 Å². The van der Waals surface area contributed by atoms with Crippen molar-refractivity contribution < 1.29 is 4.79 Å². The lowest BCUT2D eigenvalue weighted by Gasteiger charge is -2.02. The van der Waals surface area contributed by atoms with Crippen LogP contribution >= 0.6 is 38.6 Å². The molecule has 0 aliphatic carbocycles. The van der Waals surface area contributed by atoms with Crippen LogP contribution in [0.15, 0.2) is 21.3 Å². The number of nitrogens with zero attached hydrogens (tertiary/aromatic N) is 1. The molecule has 2 rings (SSSR count). The Bertz CT molecular complexity index is 553. The van der Waals surface area contributed by atoms with Crippen molar-refractivity contribution in [2.75, 3.05) is 20.1 Å². The Hall–Kier alpha value is -0.760. The molecule has 0 atom stereocenters.